The van der Waals surface area contributed by atoms with E-state index in [1.165, 1.54) is 0 Å². The van der Waals surface area contributed by atoms with E-state index in [0.717, 1.165) is 47.5 Å². The number of imidazole rings is 1. The van der Waals surface area contributed by atoms with Gasteiger partial charge >= 0.3 is 0 Å². The summed E-state index contributed by atoms with van der Waals surface area (Å²) in [5.41, 5.74) is 1.76. The van der Waals surface area contributed by atoms with Gasteiger partial charge in [-0.15, -0.1) is 0 Å². The van der Waals surface area contributed by atoms with Crippen LogP contribution in [0.1, 0.15) is 12.7 Å². The molecule has 1 N–H and O–H groups in total. The fourth-order valence-electron chi connectivity index (χ4n) is 3.87. The maximum Gasteiger partial charge on any atom is 0.234 e. The fourth-order valence-corrected chi connectivity index (χ4v) is 3.87. The second kappa shape index (κ2) is 7.57. The lowest BCUT2D eigenvalue weighted by atomic mass is 9.81. The zero-order valence-electron chi connectivity index (χ0n) is 17.4. The van der Waals surface area contributed by atoms with E-state index in [1.807, 2.05) is 39.2 Å². The fraction of sp³-hybridized carbons (Fsp3) is 0.409. The number of anilines is 1. The molecule has 1 aliphatic rings. The maximum absolute atomic E-state index is 12.8. The summed E-state index contributed by atoms with van der Waals surface area (Å²) in [5, 5.41) is 5.07. The minimum Gasteiger partial charge on any atom is -0.383 e. The van der Waals surface area contributed by atoms with Crippen molar-refractivity contribution in [2.45, 2.75) is 13.8 Å². The lowest BCUT2D eigenvalue weighted by Crippen LogP contribution is -2.60. The highest BCUT2D eigenvalue weighted by Crippen LogP contribution is 2.31. The SMILES string of the molecule is COCCN1CC(C)(C(=O)Nc2cc3cc(-c4cnc(C)n4C)ccc3cn2)C1. The van der Waals surface area contributed by atoms with Crippen molar-refractivity contribution in [3.63, 3.8) is 0 Å². The van der Waals surface area contributed by atoms with Gasteiger partial charge in [-0.05, 0) is 31.4 Å². The number of hydrogen-bond donors (Lipinski definition) is 1. The molecule has 29 heavy (non-hydrogen) atoms. The van der Waals surface area contributed by atoms with Crippen molar-refractivity contribution in [3.8, 4) is 11.3 Å². The van der Waals surface area contributed by atoms with Gasteiger partial charge in [0.15, 0.2) is 0 Å². The number of nitrogens with one attached hydrogen (secondary N) is 1. The van der Waals surface area contributed by atoms with Gasteiger partial charge in [0.1, 0.15) is 11.6 Å². The topological polar surface area (TPSA) is 72.3 Å². The predicted molar refractivity (Wildman–Crippen MR) is 114 cm³/mol. The molecule has 0 atom stereocenters. The molecule has 152 valence electrons. The molecule has 1 saturated heterocycles. The van der Waals surface area contributed by atoms with Crippen LogP contribution in [0, 0.1) is 12.3 Å². The number of rotatable bonds is 6. The number of carbonyl (C=O) groups is 1. The van der Waals surface area contributed by atoms with Crippen molar-refractivity contribution in [3.05, 3.63) is 42.5 Å². The summed E-state index contributed by atoms with van der Waals surface area (Å²) in [6.07, 6.45) is 3.68. The number of nitrogens with zero attached hydrogens (tertiary/aromatic N) is 4. The van der Waals surface area contributed by atoms with Crippen LogP contribution < -0.4 is 5.32 Å². The highest BCUT2D eigenvalue weighted by molar-refractivity contribution is 5.97. The van der Waals surface area contributed by atoms with Crippen molar-refractivity contribution in [1.29, 1.82) is 0 Å². The molecule has 1 aromatic carbocycles. The average Bonchev–Trinajstić information content (AvgIpc) is 3.02. The Morgan fingerprint density at radius 1 is 1.21 bits per heavy atom. The Balaban J connectivity index is 1.51. The molecule has 0 radical (unpaired) electrons. The van der Waals surface area contributed by atoms with Crippen molar-refractivity contribution >= 4 is 22.5 Å². The van der Waals surface area contributed by atoms with Crippen LogP contribution in [0.2, 0.25) is 0 Å². The second-order valence-corrected chi connectivity index (χ2v) is 8.10. The molecule has 0 aliphatic carbocycles. The Labute approximate surface area is 170 Å². The van der Waals surface area contributed by atoms with Gasteiger partial charge in [-0.25, -0.2) is 9.97 Å². The highest BCUT2D eigenvalue weighted by Gasteiger charge is 2.44. The van der Waals surface area contributed by atoms with Gasteiger partial charge < -0.3 is 14.6 Å². The number of hydrogen-bond acceptors (Lipinski definition) is 5. The molecular formula is C22H27N5O2. The first-order valence-electron chi connectivity index (χ1n) is 9.81. The second-order valence-electron chi connectivity index (χ2n) is 8.10. The van der Waals surface area contributed by atoms with Crippen LogP contribution in [0.15, 0.2) is 36.7 Å². The summed E-state index contributed by atoms with van der Waals surface area (Å²) in [4.78, 5) is 23.8. The van der Waals surface area contributed by atoms with E-state index in [9.17, 15) is 4.79 Å². The van der Waals surface area contributed by atoms with Crippen LogP contribution >= 0.6 is 0 Å². The van der Waals surface area contributed by atoms with Crippen molar-refractivity contribution < 1.29 is 9.53 Å². The number of benzene rings is 1. The monoisotopic (exact) mass is 393 g/mol. The number of aromatic nitrogens is 3. The zero-order valence-corrected chi connectivity index (χ0v) is 17.4. The number of pyridine rings is 1. The van der Waals surface area contributed by atoms with Gasteiger partial charge in [-0.2, -0.15) is 0 Å². The number of likely N-dealkylation sites (tertiary alicyclic amines) is 1. The van der Waals surface area contributed by atoms with Crippen LogP contribution in [-0.4, -0.2) is 58.7 Å². The van der Waals surface area contributed by atoms with E-state index in [2.05, 4.69) is 36.9 Å². The molecule has 3 aromatic rings. The van der Waals surface area contributed by atoms with Gasteiger partial charge in [0.2, 0.25) is 5.91 Å². The number of aryl methyl sites for hydroxylation is 1. The van der Waals surface area contributed by atoms with Gasteiger partial charge in [0.05, 0.1) is 23.9 Å². The first kappa shape index (κ1) is 19.5. The van der Waals surface area contributed by atoms with Gasteiger partial charge in [-0.1, -0.05) is 12.1 Å². The van der Waals surface area contributed by atoms with Crippen LogP contribution in [0.4, 0.5) is 5.82 Å². The van der Waals surface area contributed by atoms with Crippen LogP contribution in [0.3, 0.4) is 0 Å². The smallest absolute Gasteiger partial charge is 0.234 e. The van der Waals surface area contributed by atoms with Crippen molar-refractivity contribution in [1.82, 2.24) is 19.4 Å². The Morgan fingerprint density at radius 3 is 2.69 bits per heavy atom. The van der Waals surface area contributed by atoms with Crippen molar-refractivity contribution in [2.24, 2.45) is 12.5 Å². The largest absolute Gasteiger partial charge is 0.383 e. The molecule has 0 saturated carbocycles. The maximum atomic E-state index is 12.8. The molecule has 2 aromatic heterocycles. The number of fused-ring (bicyclic) bond motifs is 1. The lowest BCUT2D eigenvalue weighted by molar-refractivity contribution is -0.134. The van der Waals surface area contributed by atoms with E-state index in [4.69, 9.17) is 4.74 Å². The molecule has 7 heteroatoms. The van der Waals surface area contributed by atoms with Gasteiger partial charge in [0, 0.05) is 50.9 Å². The first-order chi connectivity index (χ1) is 13.9. The third-order valence-electron chi connectivity index (χ3n) is 5.78. The van der Waals surface area contributed by atoms with Crippen LogP contribution in [0.5, 0.6) is 0 Å². The molecule has 1 amide bonds. The molecule has 4 rings (SSSR count). The van der Waals surface area contributed by atoms with Crippen LogP contribution in [-0.2, 0) is 16.6 Å². The van der Waals surface area contributed by atoms with E-state index in [0.29, 0.717) is 12.4 Å². The highest BCUT2D eigenvalue weighted by atomic mass is 16.5. The van der Waals surface area contributed by atoms with Gasteiger partial charge in [0.25, 0.3) is 0 Å². The van der Waals surface area contributed by atoms with Crippen LogP contribution in [0.25, 0.3) is 22.0 Å². The number of amides is 1. The molecule has 0 unspecified atom stereocenters. The van der Waals surface area contributed by atoms with E-state index < -0.39 is 5.41 Å². The molecule has 7 nitrogen and oxygen atoms in total. The summed E-state index contributed by atoms with van der Waals surface area (Å²) in [6, 6.07) is 8.17. The van der Waals surface area contributed by atoms with Gasteiger partial charge in [-0.3, -0.25) is 9.69 Å². The van der Waals surface area contributed by atoms with Crippen molar-refractivity contribution in [2.75, 3.05) is 38.7 Å². The molecule has 0 bridgehead atoms. The summed E-state index contributed by atoms with van der Waals surface area (Å²) in [6.45, 7) is 6.99. The average molecular weight is 393 g/mol. The summed E-state index contributed by atoms with van der Waals surface area (Å²) >= 11 is 0. The molecule has 0 spiro atoms. The minimum absolute atomic E-state index is 0.0106. The number of carbonyl (C=O) groups excluding carboxylic acids is 1. The lowest BCUT2D eigenvalue weighted by Gasteiger charge is -2.46. The first-order valence-corrected chi connectivity index (χ1v) is 9.81. The van der Waals surface area contributed by atoms with E-state index in [-0.39, 0.29) is 5.91 Å². The Morgan fingerprint density at radius 2 is 2.00 bits per heavy atom. The zero-order chi connectivity index (χ0) is 20.6. The standard InChI is InChI=1S/C22H27N5O2/c1-15-23-12-19(26(15)3)16-5-6-17-11-24-20(10-18(17)9-16)25-21(28)22(2)13-27(14-22)7-8-29-4/h5-6,9-12H,7-8,13-14H2,1-4H3,(H,24,25,28). The molecular weight excluding hydrogens is 366 g/mol. The third kappa shape index (κ3) is 3.75. The predicted octanol–water partition coefficient (Wildman–Crippen LogP) is 2.85. The number of ether oxygens (including phenoxy) is 1. The van der Waals surface area contributed by atoms with E-state index in [1.54, 1.807) is 13.3 Å². The minimum atomic E-state index is -0.390. The Kier molecular flexibility index (Phi) is 5.10. The quantitative estimate of drug-likeness (QED) is 0.697. The summed E-state index contributed by atoms with van der Waals surface area (Å²) in [5.74, 6) is 1.56. The van der Waals surface area contributed by atoms with E-state index >= 15 is 0 Å². The molecule has 1 fully saturated rings. The Bertz CT molecular complexity index is 1050. The summed E-state index contributed by atoms with van der Waals surface area (Å²) < 4.78 is 7.17. The Hall–Kier alpha value is -2.77. The normalized spacial score (nSPS) is 16.0. The number of methoxy groups -OCH3 is 1. The molecule has 3 heterocycles. The molecule has 1 aliphatic heterocycles. The summed E-state index contributed by atoms with van der Waals surface area (Å²) in [7, 11) is 3.70. The third-order valence-corrected chi connectivity index (χ3v) is 5.78.